The molecule has 1 N–H and O–H groups in total. The van der Waals surface area contributed by atoms with Gasteiger partial charge in [0.25, 0.3) is 5.91 Å². The molecule has 1 aromatic rings. The smallest absolute Gasteiger partial charge is 0.264 e. The maximum absolute atomic E-state index is 11.8. The minimum absolute atomic E-state index is 0.0660. The lowest BCUT2D eigenvalue weighted by atomic mass is 9.88. The number of amides is 1. The van der Waals surface area contributed by atoms with Crippen LogP contribution in [-0.4, -0.2) is 27.9 Å². The van der Waals surface area contributed by atoms with Crippen molar-refractivity contribution in [3.8, 4) is 0 Å². The topological polar surface area (TPSA) is 54.9 Å². The Morgan fingerprint density at radius 2 is 2.24 bits per heavy atom. The number of rotatable bonds is 6. The minimum Gasteiger partial charge on any atom is -0.351 e. The van der Waals surface area contributed by atoms with Crippen molar-refractivity contribution in [3.63, 3.8) is 0 Å². The molecule has 0 aliphatic heterocycles. The summed E-state index contributed by atoms with van der Waals surface area (Å²) in [4.78, 5) is 12.4. The van der Waals surface area contributed by atoms with E-state index < -0.39 is 0 Å². The van der Waals surface area contributed by atoms with Crippen LogP contribution in [-0.2, 0) is 0 Å². The molecule has 0 unspecified atom stereocenters. The summed E-state index contributed by atoms with van der Waals surface area (Å²) in [5.41, 5.74) is 0.752. The molecule has 1 rings (SSSR count). The van der Waals surface area contributed by atoms with Gasteiger partial charge in [-0.25, -0.2) is 0 Å². The van der Waals surface area contributed by atoms with Gasteiger partial charge in [0.2, 0.25) is 0 Å². The van der Waals surface area contributed by atoms with Gasteiger partial charge in [-0.05, 0) is 36.7 Å². The van der Waals surface area contributed by atoms with Crippen molar-refractivity contribution in [2.75, 3.05) is 12.4 Å². The van der Waals surface area contributed by atoms with Gasteiger partial charge in [0.05, 0.1) is 5.69 Å². The van der Waals surface area contributed by atoms with Gasteiger partial charge < -0.3 is 5.32 Å². The average molecular weight is 276 g/mol. The first-order chi connectivity index (χ1) is 7.96. The van der Waals surface area contributed by atoms with E-state index in [1.165, 1.54) is 0 Å². The number of alkyl halides is 1. The van der Waals surface area contributed by atoms with E-state index in [9.17, 15) is 4.79 Å². The Kier molecular flexibility index (Phi) is 5.33. The van der Waals surface area contributed by atoms with Crippen LogP contribution in [0.4, 0.5) is 0 Å². The molecular formula is C11H18ClN3OS. The molecule has 0 aliphatic carbocycles. The molecule has 0 saturated heterocycles. The van der Waals surface area contributed by atoms with Gasteiger partial charge in [0, 0.05) is 12.4 Å². The number of nitrogens with zero attached hydrogens (tertiary/aromatic N) is 2. The standard InChI is InChI=1S/C11H18ClN3OS/c1-8-9(17-15-14-8)10(16)13-7-11(2,3)5-4-6-12/h4-7H2,1-3H3,(H,13,16). The maximum atomic E-state index is 11.8. The summed E-state index contributed by atoms with van der Waals surface area (Å²) in [7, 11) is 0. The second-order valence-electron chi connectivity index (χ2n) is 4.83. The van der Waals surface area contributed by atoms with Crippen LogP contribution in [0.25, 0.3) is 0 Å². The first kappa shape index (κ1) is 14.4. The molecule has 1 heterocycles. The van der Waals surface area contributed by atoms with Crippen molar-refractivity contribution in [1.29, 1.82) is 0 Å². The molecule has 0 aliphatic rings. The Bertz CT molecular complexity index is 379. The minimum atomic E-state index is -0.0866. The molecule has 17 heavy (non-hydrogen) atoms. The first-order valence-electron chi connectivity index (χ1n) is 5.59. The van der Waals surface area contributed by atoms with Crippen molar-refractivity contribution in [2.24, 2.45) is 5.41 Å². The van der Waals surface area contributed by atoms with E-state index in [1.807, 2.05) is 0 Å². The highest BCUT2D eigenvalue weighted by Crippen LogP contribution is 2.21. The Labute approximate surface area is 111 Å². The van der Waals surface area contributed by atoms with Gasteiger partial charge in [-0.2, -0.15) is 0 Å². The number of nitrogens with one attached hydrogen (secondary N) is 1. The van der Waals surface area contributed by atoms with Crippen molar-refractivity contribution in [3.05, 3.63) is 10.6 Å². The monoisotopic (exact) mass is 275 g/mol. The molecule has 0 fully saturated rings. The van der Waals surface area contributed by atoms with Crippen LogP contribution in [0.2, 0.25) is 0 Å². The third-order valence-electron chi connectivity index (χ3n) is 2.57. The second kappa shape index (κ2) is 6.31. The zero-order valence-corrected chi connectivity index (χ0v) is 12.0. The maximum Gasteiger partial charge on any atom is 0.264 e. The van der Waals surface area contributed by atoms with E-state index >= 15 is 0 Å². The predicted molar refractivity (Wildman–Crippen MR) is 70.7 cm³/mol. The molecule has 0 atom stereocenters. The summed E-state index contributed by atoms with van der Waals surface area (Å²) in [5, 5.41) is 6.75. The van der Waals surface area contributed by atoms with Crippen molar-refractivity contribution < 1.29 is 4.79 Å². The number of aromatic nitrogens is 2. The fourth-order valence-corrected chi connectivity index (χ4v) is 2.18. The van der Waals surface area contributed by atoms with Crippen molar-refractivity contribution in [1.82, 2.24) is 14.9 Å². The van der Waals surface area contributed by atoms with Gasteiger partial charge in [0.1, 0.15) is 4.88 Å². The van der Waals surface area contributed by atoms with E-state index in [4.69, 9.17) is 11.6 Å². The molecule has 0 radical (unpaired) electrons. The van der Waals surface area contributed by atoms with Crippen LogP contribution >= 0.6 is 23.1 Å². The Hall–Kier alpha value is -0.680. The van der Waals surface area contributed by atoms with E-state index in [-0.39, 0.29) is 11.3 Å². The van der Waals surface area contributed by atoms with E-state index in [0.717, 1.165) is 24.4 Å². The van der Waals surface area contributed by atoms with E-state index in [2.05, 4.69) is 28.8 Å². The summed E-state index contributed by atoms with van der Waals surface area (Å²) in [6, 6.07) is 0. The number of hydrogen-bond acceptors (Lipinski definition) is 4. The number of aryl methyl sites for hydroxylation is 1. The van der Waals surface area contributed by atoms with Gasteiger partial charge >= 0.3 is 0 Å². The van der Waals surface area contributed by atoms with Gasteiger partial charge in [0.15, 0.2) is 0 Å². The zero-order valence-electron chi connectivity index (χ0n) is 10.4. The normalized spacial score (nSPS) is 11.5. The second-order valence-corrected chi connectivity index (χ2v) is 5.96. The van der Waals surface area contributed by atoms with Crippen molar-refractivity contribution >= 4 is 29.0 Å². The van der Waals surface area contributed by atoms with Crippen LogP contribution in [0.3, 0.4) is 0 Å². The van der Waals surface area contributed by atoms with Crippen LogP contribution in [0, 0.1) is 12.3 Å². The highest BCUT2D eigenvalue weighted by Gasteiger charge is 2.20. The van der Waals surface area contributed by atoms with Crippen LogP contribution in [0.1, 0.15) is 42.1 Å². The lowest BCUT2D eigenvalue weighted by Gasteiger charge is -2.24. The summed E-state index contributed by atoms with van der Waals surface area (Å²) >= 11 is 6.80. The average Bonchev–Trinajstić information content (AvgIpc) is 2.70. The molecule has 0 spiro atoms. The van der Waals surface area contributed by atoms with E-state index in [0.29, 0.717) is 23.0 Å². The zero-order chi connectivity index (χ0) is 12.9. The summed E-state index contributed by atoms with van der Waals surface area (Å²) in [6.07, 6.45) is 1.96. The Morgan fingerprint density at radius 3 is 2.76 bits per heavy atom. The van der Waals surface area contributed by atoms with Crippen LogP contribution in [0.15, 0.2) is 0 Å². The molecule has 96 valence electrons. The SMILES string of the molecule is Cc1nnsc1C(=O)NCC(C)(C)CCCCl. The molecular weight excluding hydrogens is 258 g/mol. The molecule has 4 nitrogen and oxygen atoms in total. The summed E-state index contributed by atoms with van der Waals surface area (Å²) in [5.74, 6) is 0.575. The van der Waals surface area contributed by atoms with Gasteiger partial charge in [-0.1, -0.05) is 18.3 Å². The fraction of sp³-hybridized carbons (Fsp3) is 0.727. The van der Waals surface area contributed by atoms with Crippen molar-refractivity contribution in [2.45, 2.75) is 33.6 Å². The molecule has 0 aromatic carbocycles. The highest BCUT2D eigenvalue weighted by molar-refractivity contribution is 7.07. The predicted octanol–water partition coefficient (Wildman–Crippen LogP) is 2.62. The fourth-order valence-electron chi connectivity index (χ4n) is 1.47. The number of carbonyl (C=O) groups is 1. The first-order valence-corrected chi connectivity index (χ1v) is 6.90. The summed E-state index contributed by atoms with van der Waals surface area (Å²) < 4.78 is 3.75. The molecule has 6 heteroatoms. The van der Waals surface area contributed by atoms with Crippen LogP contribution in [0.5, 0.6) is 0 Å². The van der Waals surface area contributed by atoms with Gasteiger partial charge in [-0.3, -0.25) is 4.79 Å². The number of halogens is 1. The Morgan fingerprint density at radius 1 is 1.53 bits per heavy atom. The molecule has 1 amide bonds. The van der Waals surface area contributed by atoms with E-state index in [1.54, 1.807) is 6.92 Å². The number of hydrogen-bond donors (Lipinski definition) is 1. The molecule has 0 bridgehead atoms. The molecule has 0 saturated carbocycles. The quantitative estimate of drug-likeness (QED) is 0.812. The summed E-state index contributed by atoms with van der Waals surface area (Å²) in [6.45, 7) is 6.67. The Balaban J connectivity index is 2.45. The third kappa shape index (κ3) is 4.60. The lowest BCUT2D eigenvalue weighted by molar-refractivity contribution is 0.0938. The van der Waals surface area contributed by atoms with Gasteiger partial charge in [-0.15, -0.1) is 16.7 Å². The van der Waals surface area contributed by atoms with Crippen LogP contribution < -0.4 is 5.32 Å². The molecule has 1 aromatic heterocycles. The highest BCUT2D eigenvalue weighted by atomic mass is 35.5. The lowest BCUT2D eigenvalue weighted by Crippen LogP contribution is -2.34. The third-order valence-corrected chi connectivity index (χ3v) is 3.67. The number of carbonyl (C=O) groups excluding carboxylic acids is 1. The largest absolute Gasteiger partial charge is 0.351 e.